The lowest BCUT2D eigenvalue weighted by atomic mass is 9.90. The number of hydrogen-bond donors (Lipinski definition) is 1. The molecule has 2 aromatic carbocycles. The number of imidazole rings is 1. The number of nitrogens with one attached hydrogen (secondary N) is 1. The number of benzene rings is 2. The van der Waals surface area contributed by atoms with Gasteiger partial charge < -0.3 is 5.32 Å². The summed E-state index contributed by atoms with van der Waals surface area (Å²) in [5, 5.41) is 13.0. The van der Waals surface area contributed by atoms with Gasteiger partial charge in [0, 0.05) is 5.69 Å². The van der Waals surface area contributed by atoms with Crippen molar-refractivity contribution in [2.24, 2.45) is 5.92 Å². The van der Waals surface area contributed by atoms with E-state index in [9.17, 15) is 10.1 Å². The minimum atomic E-state index is -0.881. The quantitative estimate of drug-likeness (QED) is 0.628. The van der Waals surface area contributed by atoms with E-state index in [1.165, 1.54) is 11.8 Å². The van der Waals surface area contributed by atoms with E-state index in [-0.39, 0.29) is 17.6 Å². The van der Waals surface area contributed by atoms with Crippen molar-refractivity contribution in [2.75, 3.05) is 5.75 Å². The Morgan fingerprint density at radius 3 is 2.71 bits per heavy atom. The van der Waals surface area contributed by atoms with Crippen LogP contribution >= 0.6 is 11.8 Å². The fraction of sp³-hybridized carbons (Fsp3) is 0.318. The summed E-state index contributed by atoms with van der Waals surface area (Å²) in [5.74, 6) is 0.0352. The van der Waals surface area contributed by atoms with Crippen LogP contribution in [0, 0.1) is 24.2 Å². The smallest absolute Gasteiger partial charge is 0.231 e. The van der Waals surface area contributed by atoms with E-state index < -0.39 is 5.54 Å². The molecule has 0 spiro atoms. The summed E-state index contributed by atoms with van der Waals surface area (Å²) in [7, 11) is 0. The molecule has 1 N–H and O–H groups in total. The summed E-state index contributed by atoms with van der Waals surface area (Å²) < 4.78 is 2.08. The molecule has 3 rings (SSSR count). The molecule has 0 unspecified atom stereocenters. The number of rotatable bonds is 6. The zero-order valence-corrected chi connectivity index (χ0v) is 17.4. The third kappa shape index (κ3) is 4.05. The molecule has 0 saturated carbocycles. The first kappa shape index (κ1) is 20.0. The first-order valence-corrected chi connectivity index (χ1v) is 10.2. The molecule has 0 aliphatic rings. The van der Waals surface area contributed by atoms with E-state index in [0.29, 0.717) is 0 Å². The molecule has 1 aromatic heterocycles. The number of aryl methyl sites for hydroxylation is 1. The fourth-order valence-corrected chi connectivity index (χ4v) is 3.70. The first-order chi connectivity index (χ1) is 13.3. The van der Waals surface area contributed by atoms with Crippen molar-refractivity contribution in [2.45, 2.75) is 38.4 Å². The zero-order chi connectivity index (χ0) is 20.3. The minimum Gasteiger partial charge on any atom is -0.337 e. The maximum absolute atomic E-state index is 12.5. The average molecular weight is 393 g/mol. The molecule has 0 aliphatic heterocycles. The van der Waals surface area contributed by atoms with Crippen LogP contribution < -0.4 is 5.32 Å². The number of hydrogen-bond acceptors (Lipinski definition) is 4. The van der Waals surface area contributed by atoms with E-state index in [4.69, 9.17) is 4.98 Å². The average Bonchev–Trinajstić information content (AvgIpc) is 3.04. The lowest BCUT2D eigenvalue weighted by molar-refractivity contribution is -0.120. The number of carbonyl (C=O) groups excluding carboxylic acids is 1. The molecule has 0 bridgehead atoms. The summed E-state index contributed by atoms with van der Waals surface area (Å²) >= 11 is 1.37. The van der Waals surface area contributed by atoms with Gasteiger partial charge in [-0.15, -0.1) is 0 Å². The minimum absolute atomic E-state index is 0.0170. The Labute approximate surface area is 169 Å². The van der Waals surface area contributed by atoms with Crippen molar-refractivity contribution < 1.29 is 4.79 Å². The predicted molar refractivity (Wildman–Crippen MR) is 114 cm³/mol. The number of aromatic nitrogens is 2. The van der Waals surface area contributed by atoms with Crippen molar-refractivity contribution in [3.05, 3.63) is 54.1 Å². The molecule has 0 fully saturated rings. The number of nitrogens with zero attached hydrogens (tertiary/aromatic N) is 3. The lowest BCUT2D eigenvalue weighted by Crippen LogP contribution is -2.49. The number of para-hydroxylation sites is 2. The Morgan fingerprint density at radius 1 is 1.29 bits per heavy atom. The summed E-state index contributed by atoms with van der Waals surface area (Å²) in [6.07, 6.45) is 0. The Bertz CT molecular complexity index is 1050. The van der Waals surface area contributed by atoms with E-state index in [2.05, 4.69) is 35.0 Å². The van der Waals surface area contributed by atoms with Gasteiger partial charge in [0.2, 0.25) is 5.91 Å². The molecule has 1 atom stereocenters. The number of nitriles is 1. The first-order valence-electron chi connectivity index (χ1n) is 9.23. The molecule has 3 aromatic rings. The predicted octanol–water partition coefficient (Wildman–Crippen LogP) is 4.48. The van der Waals surface area contributed by atoms with E-state index in [0.717, 1.165) is 27.4 Å². The van der Waals surface area contributed by atoms with E-state index in [1.54, 1.807) is 6.92 Å². The molecule has 0 radical (unpaired) electrons. The largest absolute Gasteiger partial charge is 0.337 e. The highest BCUT2D eigenvalue weighted by Gasteiger charge is 2.30. The van der Waals surface area contributed by atoms with Gasteiger partial charge >= 0.3 is 0 Å². The number of amides is 1. The molecular formula is C22H24N4OS. The van der Waals surface area contributed by atoms with Gasteiger partial charge in [0.05, 0.1) is 22.9 Å². The molecule has 5 nitrogen and oxygen atoms in total. The van der Waals surface area contributed by atoms with Gasteiger partial charge in [0.15, 0.2) is 5.16 Å². The molecule has 0 saturated heterocycles. The van der Waals surface area contributed by atoms with Crippen molar-refractivity contribution >= 4 is 28.7 Å². The van der Waals surface area contributed by atoms with Crippen molar-refractivity contribution in [3.8, 4) is 11.8 Å². The van der Waals surface area contributed by atoms with E-state index >= 15 is 0 Å². The van der Waals surface area contributed by atoms with Gasteiger partial charge in [-0.25, -0.2) is 4.98 Å². The van der Waals surface area contributed by atoms with Gasteiger partial charge in [0.25, 0.3) is 0 Å². The lowest BCUT2D eigenvalue weighted by Gasteiger charge is -2.27. The second kappa shape index (κ2) is 8.07. The number of thioether (sulfide) groups is 1. The molecule has 6 heteroatoms. The van der Waals surface area contributed by atoms with Crippen LogP contribution in [0.3, 0.4) is 0 Å². The van der Waals surface area contributed by atoms with Crippen LogP contribution in [0.15, 0.2) is 53.7 Å². The third-order valence-electron chi connectivity index (χ3n) is 4.91. The van der Waals surface area contributed by atoms with Gasteiger partial charge in [-0.1, -0.05) is 49.9 Å². The topological polar surface area (TPSA) is 70.7 Å². The normalized spacial score (nSPS) is 13.3. The highest BCUT2D eigenvalue weighted by atomic mass is 32.2. The van der Waals surface area contributed by atoms with Crippen LogP contribution in [0.4, 0.5) is 0 Å². The SMILES string of the molecule is Cc1cccc(-n2c(SCC(=O)N[C@](C)(C#N)C(C)C)nc3ccccc32)c1. The van der Waals surface area contributed by atoms with E-state index in [1.807, 2.05) is 50.2 Å². The molecule has 1 amide bonds. The summed E-state index contributed by atoms with van der Waals surface area (Å²) in [6.45, 7) is 7.65. The Morgan fingerprint density at radius 2 is 2.04 bits per heavy atom. The maximum atomic E-state index is 12.5. The van der Waals surface area contributed by atoms with Gasteiger partial charge in [-0.3, -0.25) is 9.36 Å². The molecule has 0 aliphatic carbocycles. The molecule has 1 heterocycles. The highest BCUT2D eigenvalue weighted by molar-refractivity contribution is 7.99. The van der Waals surface area contributed by atoms with Crippen LogP contribution in [0.2, 0.25) is 0 Å². The molecule has 144 valence electrons. The molecule has 28 heavy (non-hydrogen) atoms. The Balaban J connectivity index is 1.89. The standard InChI is InChI=1S/C22H24N4OS/c1-15(2)22(4,14-23)25-20(27)13-28-21-24-18-10-5-6-11-19(18)26(21)17-9-7-8-16(3)12-17/h5-12,15H,13H2,1-4H3,(H,25,27)/t22-/m1/s1. The monoisotopic (exact) mass is 392 g/mol. The Hall–Kier alpha value is -2.78. The summed E-state index contributed by atoms with van der Waals surface area (Å²) in [6, 6.07) is 18.4. The zero-order valence-electron chi connectivity index (χ0n) is 16.6. The van der Waals surface area contributed by atoms with Crippen LogP contribution in [0.25, 0.3) is 16.7 Å². The van der Waals surface area contributed by atoms with Gasteiger partial charge in [0.1, 0.15) is 5.54 Å². The van der Waals surface area contributed by atoms with Crippen LogP contribution in [-0.2, 0) is 4.79 Å². The maximum Gasteiger partial charge on any atom is 0.231 e. The second-order valence-corrected chi connectivity index (χ2v) is 8.31. The third-order valence-corrected chi connectivity index (χ3v) is 5.85. The number of fused-ring (bicyclic) bond motifs is 1. The van der Waals surface area contributed by atoms with Crippen molar-refractivity contribution in [1.82, 2.24) is 14.9 Å². The fourth-order valence-electron chi connectivity index (χ4n) is 2.87. The van der Waals surface area contributed by atoms with Crippen LogP contribution in [-0.4, -0.2) is 26.8 Å². The Kier molecular flexibility index (Phi) is 5.76. The summed E-state index contributed by atoms with van der Waals surface area (Å²) in [4.78, 5) is 17.2. The van der Waals surface area contributed by atoms with Gasteiger partial charge in [-0.2, -0.15) is 5.26 Å². The van der Waals surface area contributed by atoms with Crippen molar-refractivity contribution in [3.63, 3.8) is 0 Å². The second-order valence-electron chi connectivity index (χ2n) is 7.36. The van der Waals surface area contributed by atoms with Crippen LogP contribution in [0.5, 0.6) is 0 Å². The van der Waals surface area contributed by atoms with Gasteiger partial charge in [-0.05, 0) is 49.6 Å². The summed E-state index contributed by atoms with van der Waals surface area (Å²) in [5.41, 5.74) is 3.18. The van der Waals surface area contributed by atoms with Crippen LogP contribution in [0.1, 0.15) is 26.3 Å². The van der Waals surface area contributed by atoms with Crippen molar-refractivity contribution in [1.29, 1.82) is 5.26 Å². The number of carbonyl (C=O) groups is 1. The highest BCUT2D eigenvalue weighted by Crippen LogP contribution is 2.28. The molecular weight excluding hydrogens is 368 g/mol.